The number of fused-ring (bicyclic) bond motifs is 1. The summed E-state index contributed by atoms with van der Waals surface area (Å²) in [5.41, 5.74) is 2.42. The summed E-state index contributed by atoms with van der Waals surface area (Å²) >= 11 is 1.42. The zero-order chi connectivity index (χ0) is 24.7. The molecule has 2 heterocycles. The first-order valence-electron chi connectivity index (χ1n) is 12.6. The van der Waals surface area contributed by atoms with Crippen molar-refractivity contribution in [1.29, 1.82) is 0 Å². The first-order chi connectivity index (χ1) is 17.7. The number of nitrogens with one attached hydrogen (secondary N) is 3. The summed E-state index contributed by atoms with van der Waals surface area (Å²) in [4.78, 5) is 21.9. The van der Waals surface area contributed by atoms with Crippen LogP contribution in [-0.2, 0) is 4.79 Å². The second kappa shape index (κ2) is 11.6. The van der Waals surface area contributed by atoms with Crippen molar-refractivity contribution in [3.8, 4) is 18.1 Å². The van der Waals surface area contributed by atoms with Crippen LogP contribution in [0.25, 0.3) is 10.9 Å². The van der Waals surface area contributed by atoms with E-state index in [9.17, 15) is 4.79 Å². The van der Waals surface area contributed by atoms with Crippen molar-refractivity contribution in [1.82, 2.24) is 15.3 Å². The smallest absolute Gasteiger partial charge is 0.227 e. The first kappa shape index (κ1) is 24.4. The van der Waals surface area contributed by atoms with Crippen molar-refractivity contribution in [3.05, 3.63) is 42.5 Å². The van der Waals surface area contributed by atoms with Crippen LogP contribution in [0, 0.1) is 24.2 Å². The van der Waals surface area contributed by atoms with Gasteiger partial charge in [-0.05, 0) is 87.2 Å². The fourth-order valence-electron chi connectivity index (χ4n) is 4.40. The minimum atomic E-state index is 0.0808. The number of rotatable bonds is 9. The Balaban J connectivity index is 1.34. The van der Waals surface area contributed by atoms with E-state index in [0.717, 1.165) is 79.8 Å². The van der Waals surface area contributed by atoms with Gasteiger partial charge in [-0.3, -0.25) is 4.79 Å². The fraction of sp³-hybridized carbons (Fsp3) is 0.393. The van der Waals surface area contributed by atoms with E-state index >= 15 is 0 Å². The number of benzene rings is 2. The van der Waals surface area contributed by atoms with E-state index in [2.05, 4.69) is 26.9 Å². The van der Waals surface area contributed by atoms with Gasteiger partial charge in [-0.2, -0.15) is 0 Å². The molecule has 8 heteroatoms. The monoisotopic (exact) mass is 501 g/mol. The Labute approximate surface area is 216 Å². The largest absolute Gasteiger partial charge is 0.493 e. The zero-order valence-corrected chi connectivity index (χ0v) is 21.1. The first-order valence-corrected chi connectivity index (χ1v) is 13.6. The zero-order valence-electron chi connectivity index (χ0n) is 20.3. The number of anilines is 3. The van der Waals surface area contributed by atoms with Crippen LogP contribution in [0.15, 0.2) is 47.6 Å². The molecule has 2 fully saturated rings. The van der Waals surface area contributed by atoms with Crippen LogP contribution in [0.3, 0.4) is 0 Å². The molecule has 2 aliphatic rings. The Kier molecular flexibility index (Phi) is 7.89. The minimum Gasteiger partial charge on any atom is -0.493 e. The van der Waals surface area contributed by atoms with Crippen molar-refractivity contribution in [3.63, 3.8) is 0 Å². The number of hydrogen-bond donors (Lipinski definition) is 3. The normalized spacial score (nSPS) is 16.2. The molecule has 1 aliphatic carbocycles. The molecule has 7 nitrogen and oxygen atoms in total. The molecule has 3 N–H and O–H groups in total. The number of hydrogen-bond acceptors (Lipinski definition) is 7. The Morgan fingerprint density at radius 1 is 1.08 bits per heavy atom. The van der Waals surface area contributed by atoms with E-state index < -0.39 is 0 Å². The Bertz CT molecular complexity index is 1250. The molecule has 1 aliphatic heterocycles. The number of carbonyl (C=O) groups excluding carboxylic acids is 1. The molecule has 1 aromatic heterocycles. The van der Waals surface area contributed by atoms with E-state index in [4.69, 9.17) is 16.1 Å². The lowest BCUT2D eigenvalue weighted by molar-refractivity contribution is -0.122. The highest BCUT2D eigenvalue weighted by atomic mass is 32.2. The van der Waals surface area contributed by atoms with E-state index in [-0.39, 0.29) is 11.8 Å². The lowest BCUT2D eigenvalue weighted by Gasteiger charge is -2.24. The van der Waals surface area contributed by atoms with Gasteiger partial charge in [0.05, 0.1) is 17.9 Å². The van der Waals surface area contributed by atoms with Crippen LogP contribution >= 0.6 is 11.8 Å². The van der Waals surface area contributed by atoms with Gasteiger partial charge in [-0.15, -0.1) is 6.42 Å². The summed E-state index contributed by atoms with van der Waals surface area (Å²) in [6, 6.07) is 13.7. The molecule has 5 rings (SSSR count). The molecule has 0 bridgehead atoms. The highest BCUT2D eigenvalue weighted by Crippen LogP contribution is 2.31. The molecule has 1 amide bonds. The molecule has 1 saturated carbocycles. The highest BCUT2D eigenvalue weighted by Gasteiger charge is 2.25. The average molecular weight is 502 g/mol. The summed E-state index contributed by atoms with van der Waals surface area (Å²) in [5, 5.41) is 11.3. The van der Waals surface area contributed by atoms with Gasteiger partial charge < -0.3 is 20.7 Å². The van der Waals surface area contributed by atoms with Gasteiger partial charge in [-0.1, -0.05) is 24.1 Å². The predicted octanol–water partition coefficient (Wildman–Crippen LogP) is 5.22. The number of thioether (sulfide) groups is 1. The maximum Gasteiger partial charge on any atom is 0.227 e. The third kappa shape index (κ3) is 6.10. The Morgan fingerprint density at radius 3 is 2.58 bits per heavy atom. The van der Waals surface area contributed by atoms with Gasteiger partial charge in [0.15, 0.2) is 5.16 Å². The lowest BCUT2D eigenvalue weighted by Crippen LogP contribution is -2.30. The number of carbonyl (C=O) groups is 1. The van der Waals surface area contributed by atoms with Gasteiger partial charge in [0.25, 0.3) is 0 Å². The molecular weight excluding hydrogens is 470 g/mol. The third-order valence-electron chi connectivity index (χ3n) is 6.76. The van der Waals surface area contributed by atoms with Crippen molar-refractivity contribution >= 4 is 45.8 Å². The van der Waals surface area contributed by atoms with Crippen LogP contribution in [0.2, 0.25) is 0 Å². The number of piperidine rings is 1. The second-order valence-corrected chi connectivity index (χ2v) is 10.3. The molecule has 0 radical (unpaired) electrons. The molecule has 186 valence electrons. The lowest BCUT2D eigenvalue weighted by atomic mass is 9.85. The number of terminal acetylenes is 1. The van der Waals surface area contributed by atoms with Gasteiger partial charge in [-0.25, -0.2) is 9.97 Å². The molecular formula is C28H31N5O2S. The second-order valence-electron chi connectivity index (χ2n) is 9.35. The van der Waals surface area contributed by atoms with Crippen molar-refractivity contribution in [2.45, 2.75) is 37.3 Å². The van der Waals surface area contributed by atoms with Gasteiger partial charge >= 0.3 is 0 Å². The van der Waals surface area contributed by atoms with E-state index in [1.54, 1.807) is 0 Å². The summed E-state index contributed by atoms with van der Waals surface area (Å²) in [6.45, 7) is 2.88. The summed E-state index contributed by atoms with van der Waals surface area (Å²) in [7, 11) is 0. The standard InChI is InChI=1S/C28H31N5O2S/c1-2-16-36-28-32-25-11-8-22(31-27(34)20-4-3-5-20)17-24(25)26(33-28)30-21-6-9-23(10-7-21)35-18-19-12-14-29-15-13-19/h1,6-11,17,19-20,29H,3-5,12-16,18H2,(H,31,34)(H,30,32,33). The van der Waals surface area contributed by atoms with Crippen molar-refractivity contribution < 1.29 is 9.53 Å². The Hall–Kier alpha value is -3.28. The van der Waals surface area contributed by atoms with Crippen LogP contribution in [0.1, 0.15) is 32.1 Å². The van der Waals surface area contributed by atoms with E-state index in [1.807, 2.05) is 42.5 Å². The Morgan fingerprint density at radius 2 is 1.86 bits per heavy atom. The SMILES string of the molecule is C#CCSc1nc(Nc2ccc(OCC3CCNCC3)cc2)c2cc(NC(=O)C3CCC3)ccc2n1. The van der Waals surface area contributed by atoms with Gasteiger partial charge in [0.2, 0.25) is 5.91 Å². The molecule has 3 aromatic rings. The molecule has 0 spiro atoms. The van der Waals surface area contributed by atoms with Crippen molar-refractivity contribution in [2.75, 3.05) is 36.1 Å². The summed E-state index contributed by atoms with van der Waals surface area (Å²) < 4.78 is 6.03. The number of nitrogens with zero attached hydrogens (tertiary/aromatic N) is 2. The predicted molar refractivity (Wildman–Crippen MR) is 146 cm³/mol. The number of amides is 1. The maximum atomic E-state index is 12.5. The quantitative estimate of drug-likeness (QED) is 0.211. The maximum absolute atomic E-state index is 12.5. The average Bonchev–Trinajstić information content (AvgIpc) is 2.87. The van der Waals surface area contributed by atoms with Crippen LogP contribution < -0.4 is 20.7 Å². The minimum absolute atomic E-state index is 0.0808. The topological polar surface area (TPSA) is 88.2 Å². The summed E-state index contributed by atoms with van der Waals surface area (Å²) in [6.07, 6.45) is 10.8. The van der Waals surface area contributed by atoms with Gasteiger partial charge in [0, 0.05) is 22.7 Å². The fourth-order valence-corrected chi connectivity index (χ4v) is 4.93. The molecule has 36 heavy (non-hydrogen) atoms. The van der Waals surface area contributed by atoms with E-state index in [0.29, 0.717) is 22.6 Å². The molecule has 0 atom stereocenters. The summed E-state index contributed by atoms with van der Waals surface area (Å²) in [5.74, 6) is 5.45. The van der Waals surface area contributed by atoms with Crippen LogP contribution in [0.4, 0.5) is 17.2 Å². The number of aromatic nitrogens is 2. The van der Waals surface area contributed by atoms with Gasteiger partial charge in [0.1, 0.15) is 11.6 Å². The number of ether oxygens (including phenoxy) is 1. The third-order valence-corrected chi connectivity index (χ3v) is 7.52. The van der Waals surface area contributed by atoms with Crippen LogP contribution in [-0.4, -0.2) is 41.3 Å². The molecule has 1 saturated heterocycles. The molecule has 2 aromatic carbocycles. The van der Waals surface area contributed by atoms with Crippen molar-refractivity contribution in [2.24, 2.45) is 11.8 Å². The highest BCUT2D eigenvalue weighted by molar-refractivity contribution is 7.99. The van der Waals surface area contributed by atoms with Crippen LogP contribution in [0.5, 0.6) is 5.75 Å². The molecule has 0 unspecified atom stereocenters. The van der Waals surface area contributed by atoms with E-state index in [1.165, 1.54) is 11.8 Å².